The van der Waals surface area contributed by atoms with Gasteiger partial charge in [-0.25, -0.2) is 26.5 Å². The summed E-state index contributed by atoms with van der Waals surface area (Å²) in [6.45, 7) is -0.346. The van der Waals surface area contributed by atoms with Crippen molar-refractivity contribution < 1.29 is 31.1 Å². The van der Waals surface area contributed by atoms with Crippen LogP contribution in [0.2, 0.25) is 0 Å². The predicted octanol–water partition coefficient (Wildman–Crippen LogP) is 4.79. The first-order valence-electron chi connectivity index (χ1n) is 10.1. The number of sulfonamides is 1. The lowest BCUT2D eigenvalue weighted by Crippen LogP contribution is -2.32. The van der Waals surface area contributed by atoms with Gasteiger partial charge in [-0.05, 0) is 54.7 Å². The van der Waals surface area contributed by atoms with Crippen molar-refractivity contribution in [3.63, 3.8) is 0 Å². The van der Waals surface area contributed by atoms with Gasteiger partial charge in [-0.15, -0.1) is 0 Å². The topological polar surface area (TPSA) is 68.7 Å². The Kier molecular flexibility index (Phi) is 6.20. The number of hydrogen-bond acceptors (Lipinski definition) is 5. The van der Waals surface area contributed by atoms with Gasteiger partial charge < -0.3 is 9.47 Å². The molecule has 2 aromatic carbocycles. The van der Waals surface area contributed by atoms with E-state index in [-0.39, 0.29) is 23.8 Å². The molecular weight excluding hydrogens is 457 g/mol. The van der Waals surface area contributed by atoms with Crippen molar-refractivity contribution in [1.82, 2.24) is 4.98 Å². The fourth-order valence-electron chi connectivity index (χ4n) is 3.53. The maximum Gasteiger partial charge on any atom is 0.268 e. The highest BCUT2D eigenvalue weighted by Gasteiger charge is 2.34. The summed E-state index contributed by atoms with van der Waals surface area (Å²) in [6.07, 6.45) is 1.39. The quantitative estimate of drug-likeness (QED) is 0.436. The summed E-state index contributed by atoms with van der Waals surface area (Å²) in [7, 11) is -1.74. The average molecular weight is 478 g/mol. The van der Waals surface area contributed by atoms with Gasteiger partial charge in [-0.3, -0.25) is 0 Å². The molecule has 4 rings (SSSR count). The van der Waals surface area contributed by atoms with E-state index < -0.39 is 32.5 Å². The van der Waals surface area contributed by atoms with Crippen molar-refractivity contribution in [2.24, 2.45) is 0 Å². The van der Waals surface area contributed by atoms with Crippen LogP contribution in [0.1, 0.15) is 29.9 Å². The second-order valence-electron chi connectivity index (χ2n) is 7.59. The minimum absolute atomic E-state index is 0.143. The summed E-state index contributed by atoms with van der Waals surface area (Å²) in [5.74, 6) is -2.56. The van der Waals surface area contributed by atoms with Crippen LogP contribution in [0.15, 0.2) is 53.4 Å². The molecule has 3 aromatic rings. The number of benzene rings is 2. The van der Waals surface area contributed by atoms with Crippen LogP contribution < -0.4 is 13.8 Å². The Hall–Kier alpha value is -3.27. The third kappa shape index (κ3) is 4.61. The number of anilines is 1. The van der Waals surface area contributed by atoms with Crippen LogP contribution >= 0.6 is 0 Å². The molecule has 1 aromatic heterocycles. The monoisotopic (exact) mass is 478 g/mol. The van der Waals surface area contributed by atoms with Gasteiger partial charge in [0.15, 0.2) is 0 Å². The lowest BCUT2D eigenvalue weighted by atomic mass is 10.1. The molecule has 1 heterocycles. The maximum absolute atomic E-state index is 14.8. The number of ether oxygens (including phenoxy) is 2. The zero-order chi connectivity index (χ0) is 23.8. The predicted molar refractivity (Wildman–Crippen MR) is 115 cm³/mol. The van der Waals surface area contributed by atoms with E-state index >= 15 is 0 Å². The third-order valence-electron chi connectivity index (χ3n) is 5.40. The van der Waals surface area contributed by atoms with Crippen LogP contribution in [0, 0.1) is 17.6 Å². The normalized spacial score (nSPS) is 13.6. The Balaban J connectivity index is 1.85. The smallest absolute Gasteiger partial charge is 0.268 e. The van der Waals surface area contributed by atoms with Crippen LogP contribution in [-0.2, 0) is 16.6 Å². The molecule has 0 unspecified atom stereocenters. The number of hydrogen-bond donors (Lipinski definition) is 0. The number of rotatable bonds is 8. The molecule has 1 aliphatic rings. The number of halogens is 3. The molecule has 0 atom stereocenters. The number of methoxy groups -OCH3 is 2. The summed E-state index contributed by atoms with van der Waals surface area (Å²) in [6, 6.07) is 9.99. The van der Waals surface area contributed by atoms with Gasteiger partial charge in [-0.2, -0.15) is 4.39 Å². The van der Waals surface area contributed by atoms with Crippen LogP contribution in [0.5, 0.6) is 11.5 Å². The number of pyridine rings is 1. The first-order valence-corrected chi connectivity index (χ1v) is 11.5. The van der Waals surface area contributed by atoms with Crippen molar-refractivity contribution in [3.05, 3.63) is 77.2 Å². The standard InChI is InChI=1S/C23H21F3N2O4S/c1-31-16-9-8-15(20(10-16)32-2)13-28(23-5-3-4-22(26)27-23)33(29,30)21-11-17(14-6-7-14)18(24)12-19(21)25/h3-5,8-12,14H,6-7,13H2,1-2H3. The van der Waals surface area contributed by atoms with E-state index in [1.54, 1.807) is 18.2 Å². The van der Waals surface area contributed by atoms with Crippen LogP contribution in [0.3, 0.4) is 0 Å². The lowest BCUT2D eigenvalue weighted by molar-refractivity contribution is 0.391. The zero-order valence-electron chi connectivity index (χ0n) is 17.9. The van der Waals surface area contributed by atoms with Crippen LogP contribution in [0.25, 0.3) is 0 Å². The summed E-state index contributed by atoms with van der Waals surface area (Å²) >= 11 is 0. The third-order valence-corrected chi connectivity index (χ3v) is 7.17. The molecule has 1 saturated carbocycles. The fourth-order valence-corrected chi connectivity index (χ4v) is 5.01. The molecule has 0 aliphatic heterocycles. The van der Waals surface area contributed by atoms with Crippen molar-refractivity contribution in [2.75, 3.05) is 18.5 Å². The second kappa shape index (κ2) is 8.93. The van der Waals surface area contributed by atoms with E-state index in [1.807, 2.05) is 0 Å². The molecule has 0 radical (unpaired) electrons. The summed E-state index contributed by atoms with van der Waals surface area (Å²) in [5, 5.41) is 0. The lowest BCUT2D eigenvalue weighted by Gasteiger charge is -2.25. The Labute approximate surface area is 189 Å². The largest absolute Gasteiger partial charge is 0.497 e. The first kappa shape index (κ1) is 22.9. The zero-order valence-corrected chi connectivity index (χ0v) is 18.7. The van der Waals surface area contributed by atoms with Gasteiger partial charge in [0, 0.05) is 17.7 Å². The maximum atomic E-state index is 14.8. The molecule has 33 heavy (non-hydrogen) atoms. The van der Waals surface area contributed by atoms with Crippen LogP contribution in [0.4, 0.5) is 19.0 Å². The highest BCUT2D eigenvalue weighted by Crippen LogP contribution is 2.43. The van der Waals surface area contributed by atoms with E-state index in [2.05, 4.69) is 4.98 Å². The van der Waals surface area contributed by atoms with Gasteiger partial charge in [0.1, 0.15) is 33.8 Å². The molecule has 10 heteroatoms. The SMILES string of the molecule is COc1ccc(CN(c2cccc(F)n2)S(=O)(=O)c2cc(C3CC3)c(F)cc2F)c(OC)c1. The Morgan fingerprint density at radius 3 is 2.39 bits per heavy atom. The minimum atomic E-state index is -4.61. The fraction of sp³-hybridized carbons (Fsp3) is 0.261. The van der Waals surface area contributed by atoms with Gasteiger partial charge in [0.05, 0.1) is 20.8 Å². The second-order valence-corrected chi connectivity index (χ2v) is 9.42. The van der Waals surface area contributed by atoms with Crippen molar-refractivity contribution in [1.29, 1.82) is 0 Å². The van der Waals surface area contributed by atoms with Crippen molar-refractivity contribution >= 4 is 15.8 Å². The first-order chi connectivity index (χ1) is 15.7. The van der Waals surface area contributed by atoms with Gasteiger partial charge in [-0.1, -0.05) is 6.07 Å². The molecule has 0 spiro atoms. The molecule has 0 N–H and O–H groups in total. The minimum Gasteiger partial charge on any atom is -0.497 e. The van der Waals surface area contributed by atoms with E-state index in [9.17, 15) is 21.6 Å². The molecule has 0 amide bonds. The highest BCUT2D eigenvalue weighted by atomic mass is 32.2. The summed E-state index contributed by atoms with van der Waals surface area (Å²) in [5.41, 5.74) is 0.544. The molecular formula is C23H21F3N2O4S. The Morgan fingerprint density at radius 1 is 1.00 bits per heavy atom. The highest BCUT2D eigenvalue weighted by molar-refractivity contribution is 7.92. The van der Waals surface area contributed by atoms with E-state index in [0.29, 0.717) is 36.0 Å². The number of nitrogens with zero attached hydrogens (tertiary/aromatic N) is 2. The van der Waals surface area contributed by atoms with E-state index in [4.69, 9.17) is 9.47 Å². The number of aromatic nitrogens is 1. The van der Waals surface area contributed by atoms with E-state index in [1.165, 1.54) is 26.4 Å². The summed E-state index contributed by atoms with van der Waals surface area (Å²) in [4.78, 5) is 2.98. The van der Waals surface area contributed by atoms with E-state index in [0.717, 1.165) is 16.4 Å². The molecule has 6 nitrogen and oxygen atoms in total. The Morgan fingerprint density at radius 2 is 1.76 bits per heavy atom. The molecule has 0 bridgehead atoms. The molecule has 0 saturated heterocycles. The van der Waals surface area contributed by atoms with Crippen molar-refractivity contribution in [3.8, 4) is 11.5 Å². The summed E-state index contributed by atoms with van der Waals surface area (Å²) < 4.78 is 81.5. The van der Waals surface area contributed by atoms with Crippen molar-refractivity contribution in [2.45, 2.75) is 30.2 Å². The Bertz CT molecular complexity index is 1300. The average Bonchev–Trinajstić information content (AvgIpc) is 3.62. The van der Waals surface area contributed by atoms with Gasteiger partial charge >= 0.3 is 0 Å². The van der Waals surface area contributed by atoms with Gasteiger partial charge in [0.2, 0.25) is 5.95 Å². The molecule has 174 valence electrons. The van der Waals surface area contributed by atoms with Crippen LogP contribution in [-0.4, -0.2) is 27.6 Å². The van der Waals surface area contributed by atoms with Gasteiger partial charge in [0.25, 0.3) is 10.0 Å². The molecule has 1 fully saturated rings. The molecule has 1 aliphatic carbocycles.